The van der Waals surface area contributed by atoms with Gasteiger partial charge in [-0.15, -0.1) is 5.73 Å². The summed E-state index contributed by atoms with van der Waals surface area (Å²) in [5.74, 6) is 0.733. The predicted molar refractivity (Wildman–Crippen MR) is 103 cm³/mol. The van der Waals surface area contributed by atoms with Crippen LogP contribution in [0.4, 0.5) is 4.79 Å². The van der Waals surface area contributed by atoms with Crippen LogP contribution >= 0.6 is 0 Å². The summed E-state index contributed by atoms with van der Waals surface area (Å²) in [5.41, 5.74) is 5.88. The lowest BCUT2D eigenvalue weighted by Crippen LogP contribution is -2.33. The van der Waals surface area contributed by atoms with E-state index in [4.69, 9.17) is 9.47 Å². The second kappa shape index (κ2) is 8.72. The second-order valence-corrected chi connectivity index (χ2v) is 7.48. The Morgan fingerprint density at radius 1 is 1.27 bits per heavy atom. The molecule has 0 radical (unpaired) electrons. The quantitative estimate of drug-likeness (QED) is 0.787. The number of ether oxygens (including phenoxy) is 2. The van der Waals surface area contributed by atoms with Crippen molar-refractivity contribution in [1.82, 2.24) is 5.32 Å². The van der Waals surface area contributed by atoms with Crippen molar-refractivity contribution in [1.29, 1.82) is 0 Å². The molecule has 0 fully saturated rings. The Bertz CT molecular complexity index is 723. The third kappa shape index (κ3) is 6.77. The maximum atomic E-state index is 11.7. The molecule has 26 heavy (non-hydrogen) atoms. The maximum absolute atomic E-state index is 11.7. The van der Waals surface area contributed by atoms with Crippen molar-refractivity contribution in [3.05, 3.63) is 52.8 Å². The largest absolute Gasteiger partial charge is 0.478 e. The molecule has 1 N–H and O–H groups in total. The van der Waals surface area contributed by atoms with E-state index in [0.29, 0.717) is 19.6 Å². The number of benzene rings is 1. The summed E-state index contributed by atoms with van der Waals surface area (Å²) >= 11 is 0. The summed E-state index contributed by atoms with van der Waals surface area (Å²) in [5, 5.41) is 2.73. The van der Waals surface area contributed by atoms with Gasteiger partial charge in [-0.25, -0.2) is 9.79 Å². The topological polar surface area (TPSA) is 59.9 Å². The third-order valence-electron chi connectivity index (χ3n) is 3.63. The highest BCUT2D eigenvalue weighted by molar-refractivity contribution is 5.80. The zero-order valence-electron chi connectivity index (χ0n) is 16.3. The molecule has 0 saturated carbocycles. The van der Waals surface area contributed by atoms with Gasteiger partial charge in [-0.05, 0) is 51.3 Å². The van der Waals surface area contributed by atoms with Gasteiger partial charge in [0.1, 0.15) is 18.2 Å². The first-order valence-corrected chi connectivity index (χ1v) is 8.86. The van der Waals surface area contributed by atoms with Crippen molar-refractivity contribution in [3.63, 3.8) is 0 Å². The van der Waals surface area contributed by atoms with E-state index in [-0.39, 0.29) is 6.04 Å². The molecule has 0 aromatic heterocycles. The average Bonchev–Trinajstić information content (AvgIpc) is 3.00. The molecule has 1 aromatic rings. The zero-order chi connectivity index (χ0) is 19.2. The molecular formula is C21H28N2O3. The molecule has 2 rings (SSSR count). The Kier molecular flexibility index (Phi) is 6.64. The first-order chi connectivity index (χ1) is 12.2. The van der Waals surface area contributed by atoms with Crippen LogP contribution in [0.1, 0.15) is 52.6 Å². The number of alkyl carbamates (subject to hydrolysis) is 1. The maximum Gasteiger partial charge on any atom is 0.407 e. The van der Waals surface area contributed by atoms with Crippen LogP contribution in [-0.2, 0) is 9.47 Å². The molecule has 0 aliphatic carbocycles. The van der Waals surface area contributed by atoms with E-state index in [1.54, 1.807) is 0 Å². The van der Waals surface area contributed by atoms with Crippen molar-refractivity contribution in [2.45, 2.75) is 52.7 Å². The van der Waals surface area contributed by atoms with Crippen LogP contribution in [0.3, 0.4) is 0 Å². The molecule has 1 amide bonds. The molecule has 1 aromatic carbocycles. The van der Waals surface area contributed by atoms with Gasteiger partial charge in [0.2, 0.25) is 0 Å². The number of carbonyl (C=O) groups is 1. The summed E-state index contributed by atoms with van der Waals surface area (Å²) in [6, 6.07) is 10.2. The summed E-state index contributed by atoms with van der Waals surface area (Å²) in [6.45, 7) is 10.4. The molecule has 5 nitrogen and oxygen atoms in total. The second-order valence-electron chi connectivity index (χ2n) is 7.48. The number of hydrogen-bond donors (Lipinski definition) is 1. The summed E-state index contributed by atoms with van der Waals surface area (Å²) in [7, 11) is 0. The van der Waals surface area contributed by atoms with E-state index in [1.165, 1.54) is 0 Å². The fraction of sp³-hybridized carbons (Fsp3) is 0.476. The van der Waals surface area contributed by atoms with Gasteiger partial charge in [0.25, 0.3) is 0 Å². The monoisotopic (exact) mass is 356 g/mol. The minimum Gasteiger partial charge on any atom is -0.478 e. The smallest absolute Gasteiger partial charge is 0.407 e. The van der Waals surface area contributed by atoms with Crippen LogP contribution in [0.25, 0.3) is 0 Å². The average molecular weight is 356 g/mol. The number of hydrogen-bond acceptors (Lipinski definition) is 4. The highest BCUT2D eigenvalue weighted by Crippen LogP contribution is 2.24. The van der Waals surface area contributed by atoms with Crippen molar-refractivity contribution < 1.29 is 14.3 Å². The molecule has 140 valence electrons. The first-order valence-electron chi connectivity index (χ1n) is 8.86. The van der Waals surface area contributed by atoms with Gasteiger partial charge in [0.05, 0.1) is 6.42 Å². The number of aliphatic imine (C=N–C) groups is 1. The van der Waals surface area contributed by atoms with E-state index in [9.17, 15) is 4.79 Å². The van der Waals surface area contributed by atoms with Gasteiger partial charge in [0, 0.05) is 6.54 Å². The molecular weight excluding hydrogens is 328 g/mol. The highest BCUT2D eigenvalue weighted by Gasteiger charge is 2.20. The predicted octanol–water partition coefficient (Wildman–Crippen LogP) is 4.56. The Labute approximate surface area is 155 Å². The standard InChI is InChI=1S/C21H28N2O3/c1-15(11-16(2)13-22-20(24)26-21(3,4)5)12-19-23-18(14-25-19)17-9-7-6-8-10-17/h6-10,18H,12-14H2,1-5H3,(H,22,24)/t11?,18-/m1/s1. The minimum atomic E-state index is -0.499. The van der Waals surface area contributed by atoms with Crippen LogP contribution in [0.2, 0.25) is 0 Å². The van der Waals surface area contributed by atoms with E-state index < -0.39 is 11.7 Å². The zero-order valence-corrected chi connectivity index (χ0v) is 16.3. The molecule has 0 unspecified atom stereocenters. The lowest BCUT2D eigenvalue weighted by atomic mass is 10.1. The number of nitrogens with one attached hydrogen (secondary N) is 1. The van der Waals surface area contributed by atoms with Crippen molar-refractivity contribution in [3.8, 4) is 0 Å². The SMILES string of the molecule is CC(=C=C(C)CC1=N[C@@H](c2ccccc2)CO1)CNC(=O)OC(C)(C)C. The van der Waals surface area contributed by atoms with Crippen molar-refractivity contribution >= 4 is 12.0 Å². The molecule has 1 aliphatic heterocycles. The number of carbonyl (C=O) groups excluding carboxylic acids is 1. The summed E-state index contributed by atoms with van der Waals surface area (Å²) < 4.78 is 10.9. The van der Waals surface area contributed by atoms with Crippen LogP contribution in [0.5, 0.6) is 0 Å². The first kappa shape index (κ1) is 19.8. The Morgan fingerprint density at radius 2 is 1.96 bits per heavy atom. The molecule has 0 saturated heterocycles. The molecule has 0 spiro atoms. The van der Waals surface area contributed by atoms with Gasteiger partial charge in [0.15, 0.2) is 5.90 Å². The van der Waals surface area contributed by atoms with Gasteiger partial charge >= 0.3 is 6.09 Å². The summed E-state index contributed by atoms with van der Waals surface area (Å²) in [6.07, 6.45) is 0.193. The molecule has 5 heteroatoms. The molecule has 1 heterocycles. The van der Waals surface area contributed by atoms with Gasteiger partial charge in [-0.2, -0.15) is 0 Å². The van der Waals surface area contributed by atoms with E-state index in [2.05, 4.69) is 28.2 Å². The fourth-order valence-electron chi connectivity index (χ4n) is 2.56. The Hall–Kier alpha value is -2.52. The third-order valence-corrected chi connectivity index (χ3v) is 3.63. The van der Waals surface area contributed by atoms with Crippen molar-refractivity contribution in [2.75, 3.05) is 13.2 Å². The molecule has 1 atom stereocenters. The normalized spacial score (nSPS) is 16.2. The molecule has 1 aliphatic rings. The lowest BCUT2D eigenvalue weighted by molar-refractivity contribution is 0.0532. The van der Waals surface area contributed by atoms with Gasteiger partial charge in [-0.3, -0.25) is 0 Å². The Balaban J connectivity index is 1.90. The van der Waals surface area contributed by atoms with Crippen LogP contribution < -0.4 is 5.32 Å². The van der Waals surface area contributed by atoms with Crippen molar-refractivity contribution in [2.24, 2.45) is 4.99 Å². The fourth-order valence-corrected chi connectivity index (χ4v) is 2.56. The van der Waals surface area contributed by atoms with Gasteiger partial charge < -0.3 is 14.8 Å². The number of nitrogens with zero attached hydrogens (tertiary/aromatic N) is 1. The van der Waals surface area contributed by atoms with Crippen LogP contribution in [-0.4, -0.2) is 30.7 Å². The van der Waals surface area contributed by atoms with Crippen LogP contribution in [0.15, 0.2) is 52.2 Å². The summed E-state index contributed by atoms with van der Waals surface area (Å²) in [4.78, 5) is 16.3. The highest BCUT2D eigenvalue weighted by atomic mass is 16.6. The van der Waals surface area contributed by atoms with E-state index in [1.807, 2.05) is 52.8 Å². The van der Waals surface area contributed by atoms with Gasteiger partial charge in [-0.1, -0.05) is 30.3 Å². The van der Waals surface area contributed by atoms with E-state index in [0.717, 1.165) is 22.6 Å². The number of rotatable bonds is 5. The minimum absolute atomic E-state index is 0.0675. The van der Waals surface area contributed by atoms with Crippen LogP contribution in [0, 0.1) is 0 Å². The Morgan fingerprint density at radius 3 is 2.62 bits per heavy atom. The number of amides is 1. The molecule has 0 bridgehead atoms. The lowest BCUT2D eigenvalue weighted by Gasteiger charge is -2.19. The van der Waals surface area contributed by atoms with E-state index >= 15 is 0 Å².